The van der Waals surface area contributed by atoms with Gasteiger partial charge < -0.3 is 9.47 Å². The predicted octanol–water partition coefficient (Wildman–Crippen LogP) is 6.68. The topological polar surface area (TPSA) is 35.5 Å². The van der Waals surface area contributed by atoms with Crippen LogP contribution < -0.4 is 0 Å². The molecule has 0 bridgehead atoms. The van der Waals surface area contributed by atoms with Gasteiger partial charge in [-0.1, -0.05) is 82.4 Å². The quantitative estimate of drug-likeness (QED) is 0.446. The van der Waals surface area contributed by atoms with E-state index < -0.39 is 5.60 Å². The van der Waals surface area contributed by atoms with E-state index in [-0.39, 0.29) is 16.8 Å². The average molecular weight is 413 g/mol. The number of allylic oxidation sites excluding steroid dienone is 6. The van der Waals surface area contributed by atoms with Crippen molar-refractivity contribution in [1.29, 1.82) is 0 Å². The number of benzene rings is 1. The third-order valence-electron chi connectivity index (χ3n) is 6.48. The van der Waals surface area contributed by atoms with Crippen LogP contribution in [-0.4, -0.2) is 5.97 Å². The van der Waals surface area contributed by atoms with E-state index in [9.17, 15) is 4.79 Å². The Morgan fingerprint density at radius 3 is 1.84 bits per heavy atom. The molecule has 31 heavy (non-hydrogen) atoms. The molecule has 1 aromatic carbocycles. The summed E-state index contributed by atoms with van der Waals surface area (Å²) in [7, 11) is 0. The molecule has 0 amide bonds. The number of hydrogen-bond acceptors (Lipinski definition) is 3. The number of ether oxygens (including phenoxy) is 2. The third kappa shape index (κ3) is 2.83. The van der Waals surface area contributed by atoms with Gasteiger partial charge in [-0.3, -0.25) is 0 Å². The molecule has 1 spiro atoms. The van der Waals surface area contributed by atoms with Crippen molar-refractivity contribution >= 4 is 5.97 Å². The highest BCUT2D eigenvalue weighted by atomic mass is 16.6. The number of rotatable bonds is 0. The van der Waals surface area contributed by atoms with Crippen molar-refractivity contribution in [1.82, 2.24) is 0 Å². The van der Waals surface area contributed by atoms with Crippen LogP contribution in [0.3, 0.4) is 0 Å². The van der Waals surface area contributed by atoms with Gasteiger partial charge in [-0.2, -0.15) is 0 Å². The third-order valence-corrected chi connectivity index (χ3v) is 6.48. The van der Waals surface area contributed by atoms with Crippen LogP contribution in [0.15, 0.2) is 94.5 Å². The minimum atomic E-state index is -1.03. The van der Waals surface area contributed by atoms with Gasteiger partial charge in [0.1, 0.15) is 11.5 Å². The monoisotopic (exact) mass is 412 g/mol. The lowest BCUT2D eigenvalue weighted by Gasteiger charge is -2.38. The Bertz CT molecular complexity index is 1150. The fourth-order valence-corrected chi connectivity index (χ4v) is 5.21. The molecule has 3 heteroatoms. The van der Waals surface area contributed by atoms with Crippen LogP contribution in [-0.2, 0) is 15.1 Å². The van der Waals surface area contributed by atoms with Crippen LogP contribution in [0.2, 0.25) is 0 Å². The maximum Gasteiger partial charge on any atom is 0.340 e. The highest BCUT2D eigenvalue weighted by Gasteiger charge is 2.55. The van der Waals surface area contributed by atoms with Crippen molar-refractivity contribution in [3.05, 3.63) is 106 Å². The smallest absolute Gasteiger partial charge is 0.340 e. The molecular weight excluding hydrogens is 384 g/mol. The van der Waals surface area contributed by atoms with Gasteiger partial charge in [0.25, 0.3) is 0 Å². The molecule has 5 rings (SSSR count). The second-order valence-corrected chi connectivity index (χ2v) is 10.2. The Morgan fingerprint density at radius 2 is 1.29 bits per heavy atom. The van der Waals surface area contributed by atoms with E-state index in [1.807, 2.05) is 24.3 Å². The molecular formula is C28H28O3. The Hall–Kier alpha value is -3.07. The van der Waals surface area contributed by atoms with Gasteiger partial charge in [0.05, 0.1) is 5.56 Å². The highest BCUT2D eigenvalue weighted by Crippen LogP contribution is 2.56. The predicted molar refractivity (Wildman–Crippen MR) is 122 cm³/mol. The summed E-state index contributed by atoms with van der Waals surface area (Å²) in [6.45, 7) is 12.8. The lowest BCUT2D eigenvalue weighted by Crippen LogP contribution is -2.35. The molecule has 0 saturated heterocycles. The summed E-state index contributed by atoms with van der Waals surface area (Å²) in [6, 6.07) is 7.71. The standard InChI is InChI=1S/C28H28O3/c1-17-15-26(3,4)13-11-21-23(17)30-24-18(2)16-27(5,6)14-12-22(24)28(21)20-10-8-7-9-19(20)25(29)31-28/h7-16H,1-6H3. The molecule has 0 unspecified atom stereocenters. The summed E-state index contributed by atoms with van der Waals surface area (Å²) in [6.07, 6.45) is 12.9. The van der Waals surface area contributed by atoms with Crippen LogP contribution in [0.4, 0.5) is 0 Å². The molecule has 3 nitrogen and oxygen atoms in total. The van der Waals surface area contributed by atoms with Gasteiger partial charge in [0.15, 0.2) is 5.60 Å². The molecule has 158 valence electrons. The number of carbonyl (C=O) groups excluding carboxylic acids is 1. The first-order valence-corrected chi connectivity index (χ1v) is 10.8. The van der Waals surface area contributed by atoms with E-state index in [1.54, 1.807) is 0 Å². The van der Waals surface area contributed by atoms with Crippen LogP contribution in [0.1, 0.15) is 57.5 Å². The second kappa shape index (κ2) is 6.23. The number of esters is 1. The van der Waals surface area contributed by atoms with Crippen LogP contribution in [0.5, 0.6) is 0 Å². The van der Waals surface area contributed by atoms with Crippen molar-refractivity contribution in [3.8, 4) is 0 Å². The van der Waals surface area contributed by atoms with E-state index in [0.717, 1.165) is 39.4 Å². The largest absolute Gasteiger partial charge is 0.456 e. The van der Waals surface area contributed by atoms with E-state index in [0.29, 0.717) is 5.56 Å². The van der Waals surface area contributed by atoms with Gasteiger partial charge in [-0.15, -0.1) is 0 Å². The lowest BCUT2D eigenvalue weighted by molar-refractivity contribution is 0.0197. The van der Waals surface area contributed by atoms with Crippen molar-refractivity contribution < 1.29 is 14.3 Å². The first kappa shape index (κ1) is 19.9. The zero-order valence-electron chi connectivity index (χ0n) is 19.0. The fraction of sp³-hybridized carbons (Fsp3) is 0.321. The Morgan fingerprint density at radius 1 is 0.774 bits per heavy atom. The van der Waals surface area contributed by atoms with Crippen LogP contribution in [0, 0.1) is 10.8 Å². The minimum Gasteiger partial charge on any atom is -0.456 e. The first-order chi connectivity index (χ1) is 14.5. The summed E-state index contributed by atoms with van der Waals surface area (Å²) in [4.78, 5) is 13.1. The summed E-state index contributed by atoms with van der Waals surface area (Å²) in [5.74, 6) is 1.24. The Balaban J connectivity index is 1.89. The molecule has 2 aliphatic carbocycles. The van der Waals surface area contributed by atoms with Gasteiger partial charge in [0.2, 0.25) is 0 Å². The molecule has 0 saturated carbocycles. The molecule has 2 aliphatic heterocycles. The van der Waals surface area contributed by atoms with E-state index in [4.69, 9.17) is 9.47 Å². The van der Waals surface area contributed by atoms with Crippen molar-refractivity contribution in [2.24, 2.45) is 10.8 Å². The Labute approximate surface area is 184 Å². The van der Waals surface area contributed by atoms with Crippen molar-refractivity contribution in [2.45, 2.75) is 47.1 Å². The zero-order chi connectivity index (χ0) is 22.2. The zero-order valence-corrected chi connectivity index (χ0v) is 19.0. The average Bonchev–Trinajstić information content (AvgIpc) is 2.82. The Kier molecular flexibility index (Phi) is 3.99. The first-order valence-electron chi connectivity index (χ1n) is 10.8. The maximum absolute atomic E-state index is 13.1. The molecule has 0 N–H and O–H groups in total. The number of fused-ring (bicyclic) bond motifs is 4. The van der Waals surface area contributed by atoms with Crippen molar-refractivity contribution in [3.63, 3.8) is 0 Å². The fourth-order valence-electron chi connectivity index (χ4n) is 5.21. The van der Waals surface area contributed by atoms with Gasteiger partial charge >= 0.3 is 5.97 Å². The minimum absolute atomic E-state index is 0.145. The molecule has 4 aliphatic rings. The molecule has 1 aromatic rings. The van der Waals surface area contributed by atoms with Gasteiger partial charge in [-0.25, -0.2) is 4.79 Å². The summed E-state index contributed by atoms with van der Waals surface area (Å²) in [5.41, 5.74) is 3.99. The number of carbonyl (C=O) groups is 1. The van der Waals surface area contributed by atoms with E-state index in [2.05, 4.69) is 78.0 Å². The summed E-state index contributed by atoms with van der Waals surface area (Å²) in [5, 5.41) is 0. The maximum atomic E-state index is 13.1. The normalized spacial score (nSPS) is 24.4. The van der Waals surface area contributed by atoms with E-state index in [1.165, 1.54) is 0 Å². The number of hydrogen-bond donors (Lipinski definition) is 0. The molecule has 0 aromatic heterocycles. The summed E-state index contributed by atoms with van der Waals surface area (Å²) >= 11 is 0. The van der Waals surface area contributed by atoms with Gasteiger partial charge in [-0.05, 0) is 31.1 Å². The molecule has 2 heterocycles. The molecule has 0 radical (unpaired) electrons. The summed E-state index contributed by atoms with van der Waals surface area (Å²) < 4.78 is 13.0. The lowest BCUT2D eigenvalue weighted by atomic mass is 9.75. The SMILES string of the molecule is CC1=CC(C)(C)C=CC2=C1OC1=C(C=CC(C)(C)C=C1C)C21OC(=O)c2ccccc21. The van der Waals surface area contributed by atoms with Crippen molar-refractivity contribution in [2.75, 3.05) is 0 Å². The van der Waals surface area contributed by atoms with Crippen LogP contribution in [0.25, 0.3) is 0 Å². The molecule has 0 atom stereocenters. The highest BCUT2D eigenvalue weighted by molar-refractivity contribution is 5.97. The molecule has 0 fully saturated rings. The second-order valence-electron chi connectivity index (χ2n) is 10.2. The van der Waals surface area contributed by atoms with Crippen LogP contribution >= 0.6 is 0 Å². The van der Waals surface area contributed by atoms with Gasteiger partial charge in [0, 0.05) is 27.5 Å². The van der Waals surface area contributed by atoms with E-state index >= 15 is 0 Å².